The Kier molecular flexibility index (Phi) is 6.26. The molecule has 3 amide bonds. The predicted octanol–water partition coefficient (Wildman–Crippen LogP) is 1.33. The van der Waals surface area contributed by atoms with E-state index in [9.17, 15) is 18.0 Å². The van der Waals surface area contributed by atoms with E-state index in [4.69, 9.17) is 11.6 Å². The average Bonchev–Trinajstić information content (AvgIpc) is 3.00. The van der Waals surface area contributed by atoms with E-state index in [1.165, 1.54) is 16.4 Å². The van der Waals surface area contributed by atoms with Crippen LogP contribution in [0.5, 0.6) is 0 Å². The van der Waals surface area contributed by atoms with Crippen LogP contribution in [0.15, 0.2) is 23.1 Å². The predicted molar refractivity (Wildman–Crippen MR) is 95.2 cm³/mol. The molecule has 0 atom stereocenters. The monoisotopic (exact) mass is 388 g/mol. The van der Waals surface area contributed by atoms with Crippen molar-refractivity contribution in [3.8, 4) is 0 Å². The molecule has 0 aromatic heterocycles. The van der Waals surface area contributed by atoms with Gasteiger partial charge in [-0.25, -0.2) is 13.2 Å². The fourth-order valence-electron chi connectivity index (χ4n) is 2.50. The molecule has 2 N–H and O–H groups in total. The van der Waals surface area contributed by atoms with Crippen LogP contribution in [0.25, 0.3) is 0 Å². The maximum atomic E-state index is 12.6. The van der Waals surface area contributed by atoms with Crippen molar-refractivity contribution in [1.29, 1.82) is 0 Å². The average molecular weight is 389 g/mol. The number of imide groups is 1. The minimum atomic E-state index is -3.72. The maximum Gasteiger partial charge on any atom is 0.324 e. The van der Waals surface area contributed by atoms with Crippen LogP contribution in [0, 0.1) is 0 Å². The smallest absolute Gasteiger partial charge is 0.324 e. The van der Waals surface area contributed by atoms with Crippen molar-refractivity contribution in [3.05, 3.63) is 23.2 Å². The van der Waals surface area contributed by atoms with Gasteiger partial charge in [0.2, 0.25) is 15.9 Å². The van der Waals surface area contributed by atoms with Crippen molar-refractivity contribution in [2.45, 2.75) is 18.7 Å². The highest BCUT2D eigenvalue weighted by Gasteiger charge is 2.27. The third-order valence-electron chi connectivity index (χ3n) is 3.86. The van der Waals surface area contributed by atoms with Crippen LogP contribution in [-0.4, -0.2) is 62.3 Å². The van der Waals surface area contributed by atoms with Crippen LogP contribution in [0.1, 0.15) is 13.8 Å². The second-order valence-electron chi connectivity index (χ2n) is 5.37. The number of sulfonamides is 1. The number of carbonyl (C=O) groups is 2. The molecule has 25 heavy (non-hydrogen) atoms. The Labute approximate surface area is 152 Å². The van der Waals surface area contributed by atoms with Crippen LogP contribution in [0.4, 0.5) is 10.5 Å². The lowest BCUT2D eigenvalue weighted by molar-refractivity contribution is -0.125. The summed E-state index contributed by atoms with van der Waals surface area (Å²) >= 11 is 6.06. The summed E-state index contributed by atoms with van der Waals surface area (Å²) in [4.78, 5) is 24.6. The van der Waals surface area contributed by atoms with E-state index in [1.54, 1.807) is 19.9 Å². The highest BCUT2D eigenvalue weighted by molar-refractivity contribution is 7.89. The Balaban J connectivity index is 2.16. The van der Waals surface area contributed by atoms with Crippen molar-refractivity contribution >= 4 is 39.2 Å². The molecule has 1 aliphatic rings. The van der Waals surface area contributed by atoms with Gasteiger partial charge < -0.3 is 10.6 Å². The molecule has 0 spiro atoms. The van der Waals surface area contributed by atoms with Gasteiger partial charge in [0, 0.05) is 31.9 Å². The zero-order valence-electron chi connectivity index (χ0n) is 14.1. The van der Waals surface area contributed by atoms with Gasteiger partial charge in [0.15, 0.2) is 0 Å². The molecule has 8 nitrogen and oxygen atoms in total. The van der Waals surface area contributed by atoms with E-state index in [1.807, 2.05) is 0 Å². The van der Waals surface area contributed by atoms with Gasteiger partial charge in [-0.1, -0.05) is 25.4 Å². The largest absolute Gasteiger partial charge is 0.376 e. The molecule has 1 aliphatic heterocycles. The third kappa shape index (κ3) is 4.23. The summed E-state index contributed by atoms with van der Waals surface area (Å²) in [5, 5.41) is 5.50. The van der Waals surface area contributed by atoms with E-state index < -0.39 is 22.0 Å². The van der Waals surface area contributed by atoms with Crippen molar-refractivity contribution in [1.82, 2.24) is 14.5 Å². The molecule has 0 aliphatic carbocycles. The fourth-order valence-corrected chi connectivity index (χ4v) is 4.45. The maximum absolute atomic E-state index is 12.6. The van der Waals surface area contributed by atoms with Crippen LogP contribution in [-0.2, 0) is 14.8 Å². The minimum Gasteiger partial charge on any atom is -0.376 e. The number of benzene rings is 1. The molecule has 2 rings (SSSR count). The summed E-state index contributed by atoms with van der Waals surface area (Å²) in [5.74, 6) is -0.391. The number of nitrogens with zero attached hydrogens (tertiary/aromatic N) is 2. The van der Waals surface area contributed by atoms with E-state index in [-0.39, 0.29) is 16.5 Å². The first kappa shape index (κ1) is 19.5. The van der Waals surface area contributed by atoms with Crippen molar-refractivity contribution in [3.63, 3.8) is 0 Å². The van der Waals surface area contributed by atoms with Crippen molar-refractivity contribution in [2.75, 3.05) is 38.0 Å². The lowest BCUT2D eigenvalue weighted by atomic mass is 10.3. The van der Waals surface area contributed by atoms with E-state index >= 15 is 0 Å². The number of halogens is 1. The number of urea groups is 1. The zero-order chi connectivity index (χ0) is 18.6. The molecule has 138 valence electrons. The summed E-state index contributed by atoms with van der Waals surface area (Å²) in [7, 11) is -3.72. The second-order valence-corrected chi connectivity index (χ2v) is 7.68. The van der Waals surface area contributed by atoms with Crippen LogP contribution >= 0.6 is 11.6 Å². The molecule has 1 fully saturated rings. The molecule has 0 bridgehead atoms. The molecule has 1 heterocycles. The third-order valence-corrected chi connectivity index (χ3v) is 6.39. The quantitative estimate of drug-likeness (QED) is 0.734. The van der Waals surface area contributed by atoms with Crippen molar-refractivity contribution in [2.24, 2.45) is 0 Å². The van der Waals surface area contributed by atoms with E-state index in [0.717, 1.165) is 4.90 Å². The Morgan fingerprint density at radius 3 is 2.60 bits per heavy atom. The van der Waals surface area contributed by atoms with Gasteiger partial charge in [0.05, 0.1) is 11.6 Å². The first-order valence-electron chi connectivity index (χ1n) is 7.93. The Morgan fingerprint density at radius 1 is 1.36 bits per heavy atom. The zero-order valence-corrected chi connectivity index (χ0v) is 15.7. The Hall–Kier alpha value is -1.84. The number of hydrogen-bond acceptors (Lipinski definition) is 5. The standard InChI is InChI=1S/C15H21ClN4O4S/c1-3-19(4-2)25(23,24)13-9-11(5-6-12(13)16)18-10-14(21)20-8-7-17-15(20)22/h5-6,9,18H,3-4,7-8,10H2,1-2H3,(H,17,22). The highest BCUT2D eigenvalue weighted by Crippen LogP contribution is 2.27. The molecule has 10 heteroatoms. The number of carbonyl (C=O) groups excluding carboxylic acids is 2. The summed E-state index contributed by atoms with van der Waals surface area (Å²) < 4.78 is 26.6. The molecule has 0 unspecified atom stereocenters. The lowest BCUT2D eigenvalue weighted by Gasteiger charge is -2.20. The van der Waals surface area contributed by atoms with Crippen molar-refractivity contribution < 1.29 is 18.0 Å². The van der Waals surface area contributed by atoms with Gasteiger partial charge in [-0.2, -0.15) is 4.31 Å². The molecule has 0 saturated carbocycles. The second kappa shape index (κ2) is 8.03. The first-order chi connectivity index (χ1) is 11.8. The minimum absolute atomic E-state index is 0.0192. The molecule has 0 radical (unpaired) electrons. The van der Waals surface area contributed by atoms with E-state index in [2.05, 4.69) is 10.6 Å². The summed E-state index contributed by atoms with van der Waals surface area (Å²) in [6.45, 7) is 4.78. The van der Waals surface area contributed by atoms with Gasteiger partial charge in [0.1, 0.15) is 4.90 Å². The van der Waals surface area contributed by atoms with Gasteiger partial charge in [-0.15, -0.1) is 0 Å². The van der Waals surface area contributed by atoms with Gasteiger partial charge in [-0.05, 0) is 18.2 Å². The number of amides is 3. The van der Waals surface area contributed by atoms with Crippen LogP contribution in [0.3, 0.4) is 0 Å². The summed E-state index contributed by atoms with van der Waals surface area (Å²) in [5.41, 5.74) is 0.433. The summed E-state index contributed by atoms with van der Waals surface area (Å²) in [6.07, 6.45) is 0. The Bertz CT molecular complexity index is 765. The molecule has 1 aromatic rings. The summed E-state index contributed by atoms with van der Waals surface area (Å²) in [6, 6.07) is 4.02. The number of nitrogens with one attached hydrogen (secondary N) is 2. The van der Waals surface area contributed by atoms with E-state index in [0.29, 0.717) is 31.9 Å². The molecule has 1 aromatic carbocycles. The fraction of sp³-hybridized carbons (Fsp3) is 0.467. The van der Waals surface area contributed by atoms with Gasteiger partial charge in [0.25, 0.3) is 0 Å². The number of rotatable bonds is 7. The van der Waals surface area contributed by atoms with Gasteiger partial charge in [-0.3, -0.25) is 9.69 Å². The van der Waals surface area contributed by atoms with Crippen LogP contribution in [0.2, 0.25) is 5.02 Å². The Morgan fingerprint density at radius 2 is 2.04 bits per heavy atom. The first-order valence-corrected chi connectivity index (χ1v) is 9.74. The molecular formula is C15H21ClN4O4S. The lowest BCUT2D eigenvalue weighted by Crippen LogP contribution is -2.38. The number of anilines is 1. The topological polar surface area (TPSA) is 98.8 Å². The van der Waals surface area contributed by atoms with Crippen LogP contribution < -0.4 is 10.6 Å². The normalized spacial score (nSPS) is 14.7. The highest BCUT2D eigenvalue weighted by atomic mass is 35.5. The molecular weight excluding hydrogens is 368 g/mol. The number of hydrogen-bond donors (Lipinski definition) is 2. The SMILES string of the molecule is CCN(CC)S(=O)(=O)c1cc(NCC(=O)N2CCNC2=O)ccc1Cl. The molecule has 1 saturated heterocycles. The van der Waals surface area contributed by atoms with Gasteiger partial charge >= 0.3 is 6.03 Å².